The van der Waals surface area contributed by atoms with E-state index >= 15 is 0 Å². The SMILES string of the molecule is O=C(NCc1ccc(S(=O)(=O)N2CCC(NCc3ccc(Br)o3)CC2)s1)c1ccc(Cl)cc1. The van der Waals surface area contributed by atoms with Crippen molar-refractivity contribution in [3.05, 3.63) is 74.4 Å². The van der Waals surface area contributed by atoms with Crippen molar-refractivity contribution in [3.8, 4) is 0 Å². The predicted octanol–water partition coefficient (Wildman–Crippen LogP) is 4.63. The standard InChI is InChI=1S/C22H23BrClN3O4S2/c23-20-7-5-18(31-20)13-25-17-9-11-27(12-10-17)33(29,30)21-8-6-19(32-21)14-26-22(28)15-1-3-16(24)4-2-15/h1-8,17,25H,9-14H2,(H,26,28). The highest BCUT2D eigenvalue weighted by Gasteiger charge is 2.30. The van der Waals surface area contributed by atoms with Gasteiger partial charge in [-0.25, -0.2) is 8.42 Å². The van der Waals surface area contributed by atoms with E-state index in [4.69, 9.17) is 16.0 Å². The third kappa shape index (κ3) is 6.26. The molecule has 0 unspecified atom stereocenters. The molecule has 0 spiro atoms. The van der Waals surface area contributed by atoms with E-state index in [0.29, 0.717) is 39.1 Å². The summed E-state index contributed by atoms with van der Waals surface area (Å²) in [6.07, 6.45) is 1.47. The van der Waals surface area contributed by atoms with Gasteiger partial charge < -0.3 is 15.1 Å². The van der Waals surface area contributed by atoms with Gasteiger partial charge in [0.1, 0.15) is 9.97 Å². The fourth-order valence-electron chi connectivity index (χ4n) is 3.58. The highest BCUT2D eigenvalue weighted by atomic mass is 79.9. The zero-order chi connectivity index (χ0) is 23.4. The second-order valence-electron chi connectivity index (χ2n) is 7.68. The molecular formula is C22H23BrClN3O4S2. The molecule has 7 nitrogen and oxygen atoms in total. The van der Waals surface area contributed by atoms with Gasteiger partial charge in [-0.15, -0.1) is 11.3 Å². The van der Waals surface area contributed by atoms with Crippen LogP contribution >= 0.6 is 38.9 Å². The number of carbonyl (C=O) groups excluding carboxylic acids is 1. The quantitative estimate of drug-likeness (QED) is 0.411. The molecule has 3 heterocycles. The first kappa shape index (κ1) is 24.4. The number of hydrogen-bond acceptors (Lipinski definition) is 6. The Labute approximate surface area is 210 Å². The van der Waals surface area contributed by atoms with Crippen molar-refractivity contribution in [2.45, 2.75) is 36.2 Å². The van der Waals surface area contributed by atoms with Gasteiger partial charge in [0.05, 0.1) is 13.1 Å². The van der Waals surface area contributed by atoms with Crippen molar-refractivity contribution in [3.63, 3.8) is 0 Å². The van der Waals surface area contributed by atoms with Crippen LogP contribution < -0.4 is 10.6 Å². The summed E-state index contributed by atoms with van der Waals surface area (Å²) in [5.41, 5.74) is 0.500. The third-order valence-electron chi connectivity index (χ3n) is 5.41. The van der Waals surface area contributed by atoms with Crippen molar-refractivity contribution in [2.75, 3.05) is 13.1 Å². The Hall–Kier alpha value is -1.69. The molecule has 2 aromatic heterocycles. The first-order valence-electron chi connectivity index (χ1n) is 10.4. The number of hydrogen-bond donors (Lipinski definition) is 2. The Balaban J connectivity index is 1.28. The highest BCUT2D eigenvalue weighted by molar-refractivity contribution is 9.10. The summed E-state index contributed by atoms with van der Waals surface area (Å²) in [7, 11) is -3.55. The number of carbonyl (C=O) groups is 1. The lowest BCUT2D eigenvalue weighted by molar-refractivity contribution is 0.0951. The summed E-state index contributed by atoms with van der Waals surface area (Å²) in [6.45, 7) is 1.79. The molecule has 0 atom stereocenters. The van der Waals surface area contributed by atoms with Crippen molar-refractivity contribution in [1.29, 1.82) is 0 Å². The van der Waals surface area contributed by atoms with Crippen LogP contribution in [0.4, 0.5) is 0 Å². The lowest BCUT2D eigenvalue weighted by atomic mass is 10.1. The van der Waals surface area contributed by atoms with Crippen molar-refractivity contribution >= 4 is 54.8 Å². The predicted molar refractivity (Wildman–Crippen MR) is 132 cm³/mol. The lowest BCUT2D eigenvalue weighted by Crippen LogP contribution is -2.44. The van der Waals surface area contributed by atoms with E-state index in [2.05, 4.69) is 26.6 Å². The number of rotatable bonds is 8. The molecule has 176 valence electrons. The third-order valence-corrected chi connectivity index (χ3v) is 9.54. The van der Waals surface area contributed by atoms with Gasteiger partial charge >= 0.3 is 0 Å². The largest absolute Gasteiger partial charge is 0.453 e. The minimum absolute atomic E-state index is 0.235. The summed E-state index contributed by atoms with van der Waals surface area (Å²) >= 11 is 10.3. The van der Waals surface area contributed by atoms with Gasteiger partial charge in [0.15, 0.2) is 4.67 Å². The number of sulfonamides is 1. The average molecular weight is 573 g/mol. The Morgan fingerprint density at radius 3 is 2.48 bits per heavy atom. The molecule has 0 radical (unpaired) electrons. The molecule has 1 aliphatic rings. The minimum Gasteiger partial charge on any atom is -0.453 e. The van der Waals surface area contributed by atoms with Crippen molar-refractivity contribution in [1.82, 2.24) is 14.9 Å². The number of nitrogens with zero attached hydrogens (tertiary/aromatic N) is 1. The number of piperidine rings is 1. The van der Waals surface area contributed by atoms with Crippen LogP contribution in [0.3, 0.4) is 0 Å². The molecule has 11 heteroatoms. The first-order valence-corrected chi connectivity index (χ1v) is 13.8. The first-order chi connectivity index (χ1) is 15.8. The van der Waals surface area contributed by atoms with Crippen LogP contribution in [0.1, 0.15) is 33.8 Å². The normalized spacial score (nSPS) is 15.6. The summed E-state index contributed by atoms with van der Waals surface area (Å²) in [4.78, 5) is 13.0. The fraction of sp³-hybridized carbons (Fsp3) is 0.318. The Kier molecular flexibility index (Phi) is 7.93. The molecule has 1 aliphatic heterocycles. The van der Waals surface area contributed by atoms with E-state index < -0.39 is 10.0 Å². The zero-order valence-electron chi connectivity index (χ0n) is 17.6. The van der Waals surface area contributed by atoms with Gasteiger partial charge in [0.2, 0.25) is 0 Å². The Morgan fingerprint density at radius 2 is 1.82 bits per heavy atom. The van der Waals surface area contributed by atoms with Crippen LogP contribution in [0, 0.1) is 0 Å². The molecule has 1 amide bonds. The lowest BCUT2D eigenvalue weighted by Gasteiger charge is -2.31. The van der Waals surface area contributed by atoms with E-state index in [-0.39, 0.29) is 18.5 Å². The number of amides is 1. The zero-order valence-corrected chi connectivity index (χ0v) is 21.6. The molecule has 2 N–H and O–H groups in total. The molecule has 4 rings (SSSR count). The van der Waals surface area contributed by atoms with E-state index in [1.807, 2.05) is 12.1 Å². The monoisotopic (exact) mass is 571 g/mol. The maximum Gasteiger partial charge on any atom is 0.252 e. The maximum absolute atomic E-state index is 13.1. The molecule has 0 saturated carbocycles. The van der Waals surface area contributed by atoms with Crippen LogP contribution in [0.15, 0.2) is 61.8 Å². The molecule has 0 bridgehead atoms. The Bertz CT molecular complexity index is 1200. The number of benzene rings is 1. The number of thiophene rings is 1. The topological polar surface area (TPSA) is 91.7 Å². The molecule has 3 aromatic rings. The molecule has 1 fully saturated rings. The van der Waals surface area contributed by atoms with Crippen LogP contribution in [0.5, 0.6) is 0 Å². The molecule has 33 heavy (non-hydrogen) atoms. The van der Waals surface area contributed by atoms with E-state index in [1.165, 1.54) is 15.6 Å². The second kappa shape index (κ2) is 10.7. The van der Waals surface area contributed by atoms with Gasteiger partial charge in [-0.2, -0.15) is 4.31 Å². The minimum atomic E-state index is -3.55. The highest BCUT2D eigenvalue weighted by Crippen LogP contribution is 2.27. The van der Waals surface area contributed by atoms with Gasteiger partial charge in [-0.3, -0.25) is 4.79 Å². The number of furan rings is 1. The molecule has 1 aromatic carbocycles. The number of halogens is 2. The molecular weight excluding hydrogens is 550 g/mol. The van der Waals surface area contributed by atoms with Crippen LogP contribution in [0.25, 0.3) is 0 Å². The van der Waals surface area contributed by atoms with Gasteiger partial charge in [-0.05, 0) is 77.3 Å². The van der Waals surface area contributed by atoms with Gasteiger partial charge in [0.25, 0.3) is 15.9 Å². The van der Waals surface area contributed by atoms with Crippen molar-refractivity contribution < 1.29 is 17.6 Å². The van der Waals surface area contributed by atoms with Crippen LogP contribution in [-0.4, -0.2) is 37.8 Å². The van der Waals surface area contributed by atoms with Crippen LogP contribution in [0.2, 0.25) is 5.02 Å². The maximum atomic E-state index is 13.1. The Morgan fingerprint density at radius 1 is 1.09 bits per heavy atom. The summed E-state index contributed by atoms with van der Waals surface area (Å²) in [5, 5.41) is 6.81. The van der Waals surface area contributed by atoms with Crippen LogP contribution in [-0.2, 0) is 23.1 Å². The summed E-state index contributed by atoms with van der Waals surface area (Å²) in [6, 6.07) is 14.0. The smallest absolute Gasteiger partial charge is 0.252 e. The van der Waals surface area contributed by atoms with E-state index in [1.54, 1.807) is 36.4 Å². The summed E-state index contributed by atoms with van der Waals surface area (Å²) in [5.74, 6) is 0.604. The average Bonchev–Trinajstić information content (AvgIpc) is 3.46. The molecule has 1 saturated heterocycles. The van der Waals surface area contributed by atoms with Gasteiger partial charge in [-0.1, -0.05) is 11.6 Å². The fourth-order valence-corrected chi connectivity index (χ4v) is 6.97. The number of nitrogens with one attached hydrogen (secondary N) is 2. The van der Waals surface area contributed by atoms with Gasteiger partial charge in [0, 0.05) is 34.6 Å². The summed E-state index contributed by atoms with van der Waals surface area (Å²) < 4.78 is 34.2. The van der Waals surface area contributed by atoms with Crippen molar-refractivity contribution in [2.24, 2.45) is 0 Å². The van der Waals surface area contributed by atoms with E-state index in [9.17, 15) is 13.2 Å². The molecule has 0 aliphatic carbocycles. The van der Waals surface area contributed by atoms with E-state index in [0.717, 1.165) is 23.5 Å². The second-order valence-corrected chi connectivity index (χ2v) is 12.2.